The van der Waals surface area contributed by atoms with Gasteiger partial charge in [-0.25, -0.2) is 8.78 Å². The van der Waals surface area contributed by atoms with Crippen molar-refractivity contribution in [3.05, 3.63) is 71.8 Å². The molecule has 2 aromatic carbocycles. The predicted molar refractivity (Wildman–Crippen MR) is 106 cm³/mol. The Bertz CT molecular complexity index is 929. The Morgan fingerprint density at radius 2 is 1.20 bits per heavy atom. The maximum Gasteiger partial charge on any atom is 0.381 e. The molecule has 4 nitrogen and oxygen atoms in total. The van der Waals surface area contributed by atoms with E-state index >= 15 is 0 Å². The molecule has 2 rings (SSSR count). The summed E-state index contributed by atoms with van der Waals surface area (Å²) in [6.07, 6.45) is -7.26. The zero-order chi connectivity index (χ0) is 26.3. The Labute approximate surface area is 194 Å². The van der Waals surface area contributed by atoms with Gasteiger partial charge in [-0.3, -0.25) is 9.59 Å². The van der Waals surface area contributed by atoms with Crippen molar-refractivity contribution in [2.24, 2.45) is 0 Å². The molecule has 0 saturated heterocycles. The van der Waals surface area contributed by atoms with Gasteiger partial charge in [-0.1, -0.05) is 60.7 Å². The van der Waals surface area contributed by atoms with Crippen molar-refractivity contribution < 1.29 is 54.2 Å². The van der Waals surface area contributed by atoms with Gasteiger partial charge in [0.15, 0.2) is 12.7 Å². The average molecular weight is 512 g/mol. The van der Waals surface area contributed by atoms with E-state index in [1.54, 1.807) is 60.7 Å². The normalized spacial score (nSPS) is 12.6. The summed E-state index contributed by atoms with van der Waals surface area (Å²) < 4.78 is 112. The Balaban J connectivity index is 1.89. The quantitative estimate of drug-likeness (QED) is 0.251. The van der Waals surface area contributed by atoms with Crippen molar-refractivity contribution in [2.45, 2.75) is 49.6 Å². The van der Waals surface area contributed by atoms with E-state index in [2.05, 4.69) is 4.74 Å². The summed E-state index contributed by atoms with van der Waals surface area (Å²) >= 11 is 0. The molecule has 2 aromatic rings. The van der Waals surface area contributed by atoms with Crippen LogP contribution < -0.4 is 0 Å². The van der Waals surface area contributed by atoms with E-state index in [9.17, 15) is 44.7 Å². The fourth-order valence-corrected chi connectivity index (χ4v) is 2.87. The molecule has 0 aliphatic heterocycles. The average Bonchev–Trinajstić information content (AvgIpc) is 2.82. The highest BCUT2D eigenvalue weighted by Gasteiger charge is 2.75. The lowest BCUT2D eigenvalue weighted by molar-refractivity contribution is -0.344. The lowest BCUT2D eigenvalue weighted by Gasteiger charge is -2.31. The fraction of sp³-hybridized carbons (Fsp3) is 0.391. The molecule has 0 atom stereocenters. The molecule has 0 radical (unpaired) electrons. The highest BCUT2D eigenvalue weighted by Crippen LogP contribution is 2.48. The van der Waals surface area contributed by atoms with Gasteiger partial charge in [0.2, 0.25) is 0 Å². The molecule has 0 fully saturated rings. The molecule has 12 heteroatoms. The largest absolute Gasteiger partial charge is 0.459 e. The van der Waals surface area contributed by atoms with Crippen molar-refractivity contribution in [1.29, 1.82) is 0 Å². The second-order valence-corrected chi connectivity index (χ2v) is 7.41. The molecule has 0 bridgehead atoms. The molecule has 0 saturated carbocycles. The molecule has 0 heterocycles. The third kappa shape index (κ3) is 6.92. The molecular weight excluding hydrogens is 492 g/mol. The van der Waals surface area contributed by atoms with E-state index in [4.69, 9.17) is 4.74 Å². The summed E-state index contributed by atoms with van der Waals surface area (Å²) in [6, 6.07) is 17.3. The number of benzene rings is 2. The van der Waals surface area contributed by atoms with Gasteiger partial charge in [-0.15, -0.1) is 0 Å². The number of rotatable bonds is 12. The third-order valence-electron chi connectivity index (χ3n) is 4.78. The van der Waals surface area contributed by atoms with E-state index in [0.29, 0.717) is 11.1 Å². The maximum absolute atomic E-state index is 13.4. The number of carbonyl (C=O) groups excluding carboxylic acids is 2. The third-order valence-corrected chi connectivity index (χ3v) is 4.78. The van der Waals surface area contributed by atoms with Crippen LogP contribution in [0.3, 0.4) is 0 Å². The summed E-state index contributed by atoms with van der Waals surface area (Å²) in [5.41, 5.74) is 1.30. The zero-order valence-corrected chi connectivity index (χ0v) is 17.9. The summed E-state index contributed by atoms with van der Waals surface area (Å²) in [7, 11) is 0. The van der Waals surface area contributed by atoms with E-state index in [1.807, 2.05) is 0 Å². The highest BCUT2D eigenvalue weighted by molar-refractivity contribution is 5.73. The smallest absolute Gasteiger partial charge is 0.381 e. The first-order valence-corrected chi connectivity index (χ1v) is 10.2. The van der Waals surface area contributed by atoms with Crippen molar-refractivity contribution in [1.82, 2.24) is 0 Å². The van der Waals surface area contributed by atoms with Gasteiger partial charge < -0.3 is 9.47 Å². The summed E-state index contributed by atoms with van der Waals surface area (Å²) in [6.45, 7) is -2.55. The molecule has 35 heavy (non-hydrogen) atoms. The number of hydrogen-bond donors (Lipinski definition) is 0. The van der Waals surface area contributed by atoms with Crippen molar-refractivity contribution in [3.63, 3.8) is 0 Å². The predicted octanol–water partition coefficient (Wildman–Crippen LogP) is 6.20. The zero-order valence-electron chi connectivity index (χ0n) is 17.9. The van der Waals surface area contributed by atoms with Crippen LogP contribution in [0.15, 0.2) is 60.7 Å². The van der Waals surface area contributed by atoms with Gasteiger partial charge >= 0.3 is 36.1 Å². The number of carbonyl (C=O) groups is 2. The lowest BCUT2D eigenvalue weighted by atomic mass is 10.0. The SMILES string of the molecule is O=C(CCCC(=O)OC(c1ccccc1)c1ccccc1)OCC(F)(F)C(F)(F)C(F)(F)C(F)F. The van der Waals surface area contributed by atoms with Gasteiger partial charge in [0.25, 0.3) is 0 Å². The second kappa shape index (κ2) is 11.5. The Hall–Kier alpha value is -3.18. The molecule has 0 spiro atoms. The number of halogens is 8. The minimum atomic E-state index is -6.47. The molecule has 192 valence electrons. The van der Waals surface area contributed by atoms with Crippen LogP contribution in [0.5, 0.6) is 0 Å². The molecule has 0 aliphatic rings. The van der Waals surface area contributed by atoms with Crippen LogP contribution in [-0.2, 0) is 19.1 Å². The van der Waals surface area contributed by atoms with Crippen LogP contribution in [0, 0.1) is 0 Å². The topological polar surface area (TPSA) is 52.6 Å². The monoisotopic (exact) mass is 512 g/mol. The van der Waals surface area contributed by atoms with Crippen LogP contribution in [0.2, 0.25) is 0 Å². The van der Waals surface area contributed by atoms with E-state index in [-0.39, 0.29) is 12.8 Å². The van der Waals surface area contributed by atoms with Crippen molar-refractivity contribution in [3.8, 4) is 0 Å². The second-order valence-electron chi connectivity index (χ2n) is 7.41. The van der Waals surface area contributed by atoms with Crippen LogP contribution in [0.25, 0.3) is 0 Å². The first kappa shape index (κ1) is 28.1. The van der Waals surface area contributed by atoms with Crippen LogP contribution in [-0.4, -0.2) is 42.7 Å². The van der Waals surface area contributed by atoms with Gasteiger partial charge in [0.05, 0.1) is 0 Å². The minimum Gasteiger partial charge on any atom is -0.459 e. The molecule has 0 aromatic heterocycles. The van der Waals surface area contributed by atoms with E-state index < -0.39 is 55.3 Å². The summed E-state index contributed by atoms with van der Waals surface area (Å²) in [5.74, 6) is -20.9. The van der Waals surface area contributed by atoms with Crippen LogP contribution in [0.1, 0.15) is 36.5 Å². The molecule has 0 amide bonds. The van der Waals surface area contributed by atoms with Gasteiger partial charge in [-0.2, -0.15) is 26.3 Å². The number of hydrogen-bond acceptors (Lipinski definition) is 4. The first-order valence-electron chi connectivity index (χ1n) is 10.2. The number of esters is 2. The molecular formula is C23H20F8O4. The van der Waals surface area contributed by atoms with Gasteiger partial charge in [0, 0.05) is 12.8 Å². The van der Waals surface area contributed by atoms with Gasteiger partial charge in [-0.05, 0) is 17.5 Å². The Morgan fingerprint density at radius 3 is 1.66 bits per heavy atom. The van der Waals surface area contributed by atoms with Gasteiger partial charge in [0.1, 0.15) is 0 Å². The lowest BCUT2D eigenvalue weighted by Crippen LogP contribution is -2.59. The summed E-state index contributed by atoms with van der Waals surface area (Å²) in [4.78, 5) is 23.8. The maximum atomic E-state index is 13.4. The van der Waals surface area contributed by atoms with Crippen LogP contribution in [0.4, 0.5) is 35.1 Å². The standard InChI is InChI=1S/C23H20F8O4/c24-20(25)22(28,29)23(30,31)21(26,27)14-34-17(32)12-7-13-18(33)35-19(15-8-3-1-4-9-15)16-10-5-2-6-11-16/h1-6,8-11,19-20H,7,12-14H2. The number of alkyl halides is 8. The van der Waals surface area contributed by atoms with E-state index in [0.717, 1.165) is 0 Å². The van der Waals surface area contributed by atoms with Crippen molar-refractivity contribution >= 4 is 11.9 Å². The summed E-state index contributed by atoms with van der Waals surface area (Å²) in [5, 5.41) is 0. The molecule has 0 aliphatic carbocycles. The van der Waals surface area contributed by atoms with Crippen LogP contribution >= 0.6 is 0 Å². The number of ether oxygens (including phenoxy) is 2. The van der Waals surface area contributed by atoms with E-state index in [1.165, 1.54) is 0 Å². The Kier molecular flexibility index (Phi) is 9.22. The highest BCUT2D eigenvalue weighted by atomic mass is 19.4. The van der Waals surface area contributed by atoms with Crippen molar-refractivity contribution in [2.75, 3.05) is 6.61 Å². The molecule has 0 N–H and O–H groups in total. The fourth-order valence-electron chi connectivity index (χ4n) is 2.87. The Morgan fingerprint density at radius 1 is 0.743 bits per heavy atom. The first-order chi connectivity index (χ1) is 16.3. The molecule has 0 unspecified atom stereocenters. The minimum absolute atomic E-state index is 0.302.